The number of amides is 1. The van der Waals surface area contributed by atoms with E-state index in [-0.39, 0.29) is 21.9 Å². The summed E-state index contributed by atoms with van der Waals surface area (Å²) in [6, 6.07) is 11.3. The number of ether oxygens (including phenoxy) is 2. The van der Waals surface area contributed by atoms with E-state index in [4.69, 9.17) is 13.9 Å². The predicted octanol–water partition coefficient (Wildman–Crippen LogP) is 4.70. The Labute approximate surface area is 220 Å². The van der Waals surface area contributed by atoms with Gasteiger partial charge in [-0.2, -0.15) is 0 Å². The van der Waals surface area contributed by atoms with Gasteiger partial charge in [0.05, 0.1) is 36.0 Å². The fourth-order valence-corrected chi connectivity index (χ4v) is 4.79. The fourth-order valence-electron chi connectivity index (χ4n) is 4.09. The number of thiazole rings is 1. The maximum absolute atomic E-state index is 12.9. The molecule has 0 atom stereocenters. The van der Waals surface area contributed by atoms with E-state index in [1.165, 1.54) is 12.1 Å². The van der Waals surface area contributed by atoms with Crippen LogP contribution in [0.1, 0.15) is 23.7 Å². The third kappa shape index (κ3) is 5.36. The van der Waals surface area contributed by atoms with Gasteiger partial charge in [0.25, 0.3) is 11.6 Å². The molecular formula is C26H24N4O7S. The van der Waals surface area contributed by atoms with Crippen LogP contribution < -0.4 is 20.6 Å². The van der Waals surface area contributed by atoms with Crippen LogP contribution in [0.3, 0.4) is 0 Å². The molecule has 3 heterocycles. The number of hydrogen-bond donors (Lipinski definition) is 1. The van der Waals surface area contributed by atoms with Crippen LogP contribution in [0.15, 0.2) is 57.1 Å². The predicted molar refractivity (Wildman–Crippen MR) is 143 cm³/mol. The van der Waals surface area contributed by atoms with Crippen molar-refractivity contribution in [2.75, 3.05) is 43.1 Å². The standard InChI is InChI=1S/C26H24N4O7S/c1-2-9-36-18-5-3-16-12-19(25(32)37-23(16)14-18)20-15-38-26(27-20)28-24(31)17-4-6-21(22(13-17)30(33)34)29-7-10-35-11-8-29/h3-6,12-15H,2,7-11H2,1H3,(H,27,28,31). The Morgan fingerprint density at radius 2 is 2.03 bits per heavy atom. The van der Waals surface area contributed by atoms with Crippen molar-refractivity contribution in [3.05, 3.63) is 73.9 Å². The summed E-state index contributed by atoms with van der Waals surface area (Å²) in [5.74, 6) is 0.0693. The van der Waals surface area contributed by atoms with E-state index in [0.29, 0.717) is 61.0 Å². The van der Waals surface area contributed by atoms with Gasteiger partial charge in [0.1, 0.15) is 17.0 Å². The van der Waals surface area contributed by atoms with Gasteiger partial charge in [-0.25, -0.2) is 9.78 Å². The molecule has 2 aromatic heterocycles. The summed E-state index contributed by atoms with van der Waals surface area (Å²) < 4.78 is 16.4. The number of nitrogens with zero attached hydrogens (tertiary/aromatic N) is 3. The van der Waals surface area contributed by atoms with Crippen LogP contribution in [0.4, 0.5) is 16.5 Å². The molecule has 5 rings (SSSR count). The lowest BCUT2D eigenvalue weighted by Gasteiger charge is -2.28. The van der Waals surface area contributed by atoms with Gasteiger partial charge >= 0.3 is 5.63 Å². The van der Waals surface area contributed by atoms with Gasteiger partial charge in [-0.3, -0.25) is 20.2 Å². The highest BCUT2D eigenvalue weighted by molar-refractivity contribution is 7.14. The molecule has 4 aromatic rings. The fraction of sp³-hybridized carbons (Fsp3) is 0.269. The van der Waals surface area contributed by atoms with Crippen LogP contribution >= 0.6 is 11.3 Å². The molecule has 1 N–H and O–H groups in total. The number of anilines is 2. The lowest BCUT2D eigenvalue weighted by atomic mass is 10.1. The Balaban J connectivity index is 1.35. The third-order valence-electron chi connectivity index (χ3n) is 5.97. The first-order valence-electron chi connectivity index (χ1n) is 12.0. The van der Waals surface area contributed by atoms with Crippen LogP contribution in [0.25, 0.3) is 22.2 Å². The molecule has 1 aliphatic rings. The van der Waals surface area contributed by atoms with E-state index in [1.807, 2.05) is 11.8 Å². The Kier molecular flexibility index (Phi) is 7.33. The normalized spacial score (nSPS) is 13.4. The first-order chi connectivity index (χ1) is 18.4. The summed E-state index contributed by atoms with van der Waals surface area (Å²) in [6.07, 6.45) is 0.861. The minimum absolute atomic E-state index is 0.122. The van der Waals surface area contributed by atoms with Crippen molar-refractivity contribution in [1.29, 1.82) is 0 Å². The molecule has 11 nitrogen and oxygen atoms in total. The van der Waals surface area contributed by atoms with Gasteiger partial charge in [-0.1, -0.05) is 6.92 Å². The van der Waals surface area contributed by atoms with Crippen molar-refractivity contribution in [2.45, 2.75) is 13.3 Å². The van der Waals surface area contributed by atoms with Crippen molar-refractivity contribution >= 4 is 44.7 Å². The molecular weight excluding hydrogens is 512 g/mol. The van der Waals surface area contributed by atoms with Crippen LogP contribution in [0.2, 0.25) is 0 Å². The Hall–Kier alpha value is -4.29. The van der Waals surface area contributed by atoms with E-state index in [1.54, 1.807) is 35.7 Å². The molecule has 0 aliphatic carbocycles. The van der Waals surface area contributed by atoms with Gasteiger partial charge in [0.2, 0.25) is 0 Å². The molecule has 196 valence electrons. The number of hydrogen-bond acceptors (Lipinski definition) is 10. The van der Waals surface area contributed by atoms with E-state index >= 15 is 0 Å². The van der Waals surface area contributed by atoms with E-state index in [9.17, 15) is 19.7 Å². The van der Waals surface area contributed by atoms with Gasteiger partial charge in [0.15, 0.2) is 5.13 Å². The monoisotopic (exact) mass is 536 g/mol. The number of fused-ring (bicyclic) bond motifs is 1. The second-order valence-electron chi connectivity index (χ2n) is 8.55. The molecule has 0 spiro atoms. The number of rotatable bonds is 8. The molecule has 0 unspecified atom stereocenters. The van der Waals surface area contributed by atoms with E-state index < -0.39 is 16.5 Å². The zero-order valence-electron chi connectivity index (χ0n) is 20.5. The molecule has 0 saturated carbocycles. The average molecular weight is 537 g/mol. The lowest BCUT2D eigenvalue weighted by Crippen LogP contribution is -2.36. The Morgan fingerprint density at radius 1 is 1.21 bits per heavy atom. The lowest BCUT2D eigenvalue weighted by molar-refractivity contribution is -0.384. The molecule has 0 radical (unpaired) electrons. The number of carbonyl (C=O) groups excluding carboxylic acids is 1. The number of aromatic nitrogens is 1. The van der Waals surface area contributed by atoms with Gasteiger partial charge in [-0.05, 0) is 36.8 Å². The quantitative estimate of drug-likeness (QED) is 0.193. The zero-order valence-corrected chi connectivity index (χ0v) is 21.3. The SMILES string of the molecule is CCCOc1ccc2cc(-c3csc(NC(=O)c4ccc(N5CCOCC5)c([N+](=O)[O-])c4)n3)c(=O)oc2c1. The van der Waals surface area contributed by atoms with Crippen molar-refractivity contribution in [3.63, 3.8) is 0 Å². The molecule has 2 aromatic carbocycles. The summed E-state index contributed by atoms with van der Waals surface area (Å²) >= 11 is 1.13. The van der Waals surface area contributed by atoms with Gasteiger partial charge in [0, 0.05) is 41.6 Å². The smallest absolute Gasteiger partial charge is 0.345 e. The maximum Gasteiger partial charge on any atom is 0.345 e. The van der Waals surface area contributed by atoms with Crippen molar-refractivity contribution < 1.29 is 23.6 Å². The Morgan fingerprint density at radius 3 is 2.79 bits per heavy atom. The number of benzene rings is 2. The molecule has 1 aliphatic heterocycles. The summed E-state index contributed by atoms with van der Waals surface area (Å²) in [6.45, 7) is 4.60. The molecule has 0 bridgehead atoms. The number of nitrogens with one attached hydrogen (secondary N) is 1. The summed E-state index contributed by atoms with van der Waals surface area (Å²) in [5.41, 5.74) is 0.843. The van der Waals surface area contributed by atoms with Crippen molar-refractivity contribution in [2.24, 2.45) is 0 Å². The van der Waals surface area contributed by atoms with Gasteiger partial charge in [-0.15, -0.1) is 11.3 Å². The number of carbonyl (C=O) groups is 1. The minimum Gasteiger partial charge on any atom is -0.493 e. The van der Waals surface area contributed by atoms with Crippen molar-refractivity contribution in [1.82, 2.24) is 4.98 Å². The maximum atomic E-state index is 12.9. The third-order valence-corrected chi connectivity index (χ3v) is 6.72. The first-order valence-corrected chi connectivity index (χ1v) is 12.9. The number of nitro groups is 1. The largest absolute Gasteiger partial charge is 0.493 e. The molecule has 12 heteroatoms. The number of morpholine rings is 1. The van der Waals surface area contributed by atoms with Crippen LogP contribution in [0, 0.1) is 10.1 Å². The van der Waals surface area contributed by atoms with E-state index in [2.05, 4.69) is 10.3 Å². The van der Waals surface area contributed by atoms with Crippen LogP contribution in [0.5, 0.6) is 5.75 Å². The second kappa shape index (κ2) is 11.0. The minimum atomic E-state index is -0.567. The Bertz CT molecular complexity index is 1560. The highest BCUT2D eigenvalue weighted by atomic mass is 32.1. The van der Waals surface area contributed by atoms with Crippen molar-refractivity contribution in [3.8, 4) is 17.0 Å². The van der Waals surface area contributed by atoms with Crippen LogP contribution in [-0.2, 0) is 4.74 Å². The summed E-state index contributed by atoms with van der Waals surface area (Å²) in [7, 11) is 0. The zero-order chi connectivity index (χ0) is 26.6. The summed E-state index contributed by atoms with van der Waals surface area (Å²) in [5, 5.41) is 17.0. The second-order valence-corrected chi connectivity index (χ2v) is 9.41. The molecule has 1 fully saturated rings. The van der Waals surface area contributed by atoms with Crippen LogP contribution in [-0.4, -0.2) is 48.7 Å². The average Bonchev–Trinajstić information content (AvgIpc) is 3.39. The highest BCUT2D eigenvalue weighted by Crippen LogP contribution is 2.31. The topological polar surface area (TPSA) is 137 Å². The van der Waals surface area contributed by atoms with Gasteiger partial charge < -0.3 is 18.8 Å². The number of nitro benzene ring substituents is 1. The first kappa shape index (κ1) is 25.4. The molecule has 38 heavy (non-hydrogen) atoms. The molecule has 1 amide bonds. The van der Waals surface area contributed by atoms with E-state index in [0.717, 1.165) is 17.8 Å². The highest BCUT2D eigenvalue weighted by Gasteiger charge is 2.24. The summed E-state index contributed by atoms with van der Waals surface area (Å²) in [4.78, 5) is 43.0. The molecule has 1 saturated heterocycles.